The van der Waals surface area contributed by atoms with Crippen LogP contribution in [-0.2, 0) is 0 Å². The first-order chi connectivity index (χ1) is 8.33. The van der Waals surface area contributed by atoms with Crippen molar-refractivity contribution in [2.45, 2.75) is 38.7 Å². The molecule has 0 unspecified atom stereocenters. The van der Waals surface area contributed by atoms with Gasteiger partial charge >= 0.3 is 0 Å². The minimum Gasteiger partial charge on any atom is -0.494 e. The molecule has 94 valence electrons. The van der Waals surface area contributed by atoms with Gasteiger partial charge in [-0.05, 0) is 38.3 Å². The molecule has 0 radical (unpaired) electrons. The number of hydrogen-bond donors (Lipinski definition) is 1. The quantitative estimate of drug-likeness (QED) is 0.550. The van der Waals surface area contributed by atoms with E-state index in [0.29, 0.717) is 0 Å². The maximum Gasteiger partial charge on any atom is 0.119 e. The standard InChI is InChI=1S/C15H22O2/c1-2-9-14(16)10-5-4-8-13-17-15-11-6-3-7-12-15/h2-3,6-7,9,11-12,14,16H,4-5,8,10,13H2,1H3/b9-2+/t14-/m1/s1. The minimum atomic E-state index is -0.282. The van der Waals surface area contributed by atoms with Gasteiger partial charge in [0, 0.05) is 0 Å². The number of ether oxygens (including phenoxy) is 1. The molecule has 0 aliphatic rings. The molecule has 1 aromatic rings. The highest BCUT2D eigenvalue weighted by Gasteiger charge is 1.98. The average molecular weight is 234 g/mol. The van der Waals surface area contributed by atoms with E-state index in [4.69, 9.17) is 4.74 Å². The molecule has 0 bridgehead atoms. The second kappa shape index (κ2) is 8.82. The van der Waals surface area contributed by atoms with Crippen LogP contribution < -0.4 is 4.74 Å². The first kappa shape index (κ1) is 13.8. The molecule has 1 aromatic carbocycles. The maximum atomic E-state index is 9.47. The van der Waals surface area contributed by atoms with Gasteiger partial charge in [-0.3, -0.25) is 0 Å². The van der Waals surface area contributed by atoms with Crippen LogP contribution in [0.4, 0.5) is 0 Å². The summed E-state index contributed by atoms with van der Waals surface area (Å²) < 4.78 is 5.58. The molecule has 0 amide bonds. The number of benzene rings is 1. The number of allylic oxidation sites excluding steroid dienone is 1. The van der Waals surface area contributed by atoms with E-state index in [0.717, 1.165) is 38.0 Å². The molecule has 0 aliphatic carbocycles. The molecular formula is C15H22O2. The second-order valence-electron chi connectivity index (χ2n) is 4.10. The van der Waals surface area contributed by atoms with Crippen LogP contribution >= 0.6 is 0 Å². The van der Waals surface area contributed by atoms with Gasteiger partial charge in [0.2, 0.25) is 0 Å². The molecule has 2 heteroatoms. The van der Waals surface area contributed by atoms with Crippen molar-refractivity contribution in [3.8, 4) is 5.75 Å². The first-order valence-electron chi connectivity index (χ1n) is 6.31. The molecular weight excluding hydrogens is 212 g/mol. The lowest BCUT2D eigenvalue weighted by Crippen LogP contribution is -2.02. The number of aliphatic hydroxyl groups is 1. The Bertz CT molecular complexity index is 306. The van der Waals surface area contributed by atoms with E-state index < -0.39 is 0 Å². The fourth-order valence-corrected chi connectivity index (χ4v) is 1.66. The lowest BCUT2D eigenvalue weighted by molar-refractivity contribution is 0.206. The molecule has 2 nitrogen and oxygen atoms in total. The minimum absolute atomic E-state index is 0.282. The van der Waals surface area contributed by atoms with Crippen molar-refractivity contribution in [1.82, 2.24) is 0 Å². The van der Waals surface area contributed by atoms with E-state index in [9.17, 15) is 5.11 Å². The summed E-state index contributed by atoms with van der Waals surface area (Å²) in [5.74, 6) is 0.932. The Morgan fingerprint density at radius 2 is 1.94 bits per heavy atom. The van der Waals surface area contributed by atoms with Crippen molar-refractivity contribution in [3.63, 3.8) is 0 Å². The molecule has 1 atom stereocenters. The largest absolute Gasteiger partial charge is 0.494 e. The van der Waals surface area contributed by atoms with Crippen molar-refractivity contribution in [2.75, 3.05) is 6.61 Å². The van der Waals surface area contributed by atoms with Crippen molar-refractivity contribution < 1.29 is 9.84 Å². The molecule has 1 rings (SSSR count). The van der Waals surface area contributed by atoms with Crippen molar-refractivity contribution in [1.29, 1.82) is 0 Å². The molecule has 0 spiro atoms. The van der Waals surface area contributed by atoms with E-state index in [1.165, 1.54) is 0 Å². The lowest BCUT2D eigenvalue weighted by atomic mass is 10.1. The molecule has 0 heterocycles. The van der Waals surface area contributed by atoms with Crippen LogP contribution in [0, 0.1) is 0 Å². The highest BCUT2D eigenvalue weighted by Crippen LogP contribution is 2.10. The van der Waals surface area contributed by atoms with Gasteiger partial charge in [0.25, 0.3) is 0 Å². The van der Waals surface area contributed by atoms with E-state index >= 15 is 0 Å². The highest BCUT2D eigenvalue weighted by atomic mass is 16.5. The fraction of sp³-hybridized carbons (Fsp3) is 0.467. The van der Waals surface area contributed by atoms with Gasteiger partial charge in [-0.25, -0.2) is 0 Å². The highest BCUT2D eigenvalue weighted by molar-refractivity contribution is 5.20. The summed E-state index contributed by atoms with van der Waals surface area (Å²) in [7, 11) is 0. The van der Waals surface area contributed by atoms with Crippen molar-refractivity contribution in [2.24, 2.45) is 0 Å². The molecule has 0 saturated heterocycles. The van der Waals surface area contributed by atoms with Crippen LogP contribution in [0.15, 0.2) is 42.5 Å². The smallest absolute Gasteiger partial charge is 0.119 e. The Balaban J connectivity index is 1.98. The Hall–Kier alpha value is -1.28. The van der Waals surface area contributed by atoms with Gasteiger partial charge in [-0.15, -0.1) is 0 Å². The molecule has 0 fully saturated rings. The van der Waals surface area contributed by atoms with E-state index in [1.54, 1.807) is 0 Å². The average Bonchev–Trinajstić information content (AvgIpc) is 2.35. The van der Waals surface area contributed by atoms with Gasteiger partial charge < -0.3 is 9.84 Å². The summed E-state index contributed by atoms with van der Waals surface area (Å²) in [5, 5.41) is 9.47. The number of aliphatic hydroxyl groups excluding tert-OH is 1. The van der Waals surface area contributed by atoms with Crippen LogP contribution in [0.5, 0.6) is 5.75 Å². The SMILES string of the molecule is C/C=C/[C@@H](O)CCCCCOc1ccccc1. The molecule has 0 aromatic heterocycles. The topological polar surface area (TPSA) is 29.5 Å². The molecule has 0 saturated carbocycles. The summed E-state index contributed by atoms with van der Waals surface area (Å²) in [6.07, 6.45) is 7.47. The van der Waals surface area contributed by atoms with Crippen LogP contribution in [0.25, 0.3) is 0 Å². The van der Waals surface area contributed by atoms with Gasteiger partial charge in [-0.1, -0.05) is 36.8 Å². The van der Waals surface area contributed by atoms with Crippen LogP contribution in [0.2, 0.25) is 0 Å². The Morgan fingerprint density at radius 3 is 2.65 bits per heavy atom. The summed E-state index contributed by atoms with van der Waals surface area (Å²) in [6, 6.07) is 9.87. The van der Waals surface area contributed by atoms with E-state index in [-0.39, 0.29) is 6.10 Å². The predicted molar refractivity (Wildman–Crippen MR) is 71.2 cm³/mol. The monoisotopic (exact) mass is 234 g/mol. The predicted octanol–water partition coefficient (Wildman–Crippen LogP) is 3.56. The molecule has 17 heavy (non-hydrogen) atoms. The Morgan fingerprint density at radius 1 is 1.18 bits per heavy atom. The first-order valence-corrected chi connectivity index (χ1v) is 6.31. The summed E-state index contributed by atoms with van der Waals surface area (Å²) in [5.41, 5.74) is 0. The maximum absolute atomic E-state index is 9.47. The number of rotatable bonds is 8. The lowest BCUT2D eigenvalue weighted by Gasteiger charge is -2.07. The summed E-state index contributed by atoms with van der Waals surface area (Å²) in [6.45, 7) is 2.68. The number of para-hydroxylation sites is 1. The zero-order valence-corrected chi connectivity index (χ0v) is 10.5. The van der Waals surface area contributed by atoms with Crippen LogP contribution in [0.1, 0.15) is 32.6 Å². The number of unbranched alkanes of at least 4 members (excludes halogenated alkanes) is 2. The van der Waals surface area contributed by atoms with E-state index in [1.807, 2.05) is 49.4 Å². The van der Waals surface area contributed by atoms with Gasteiger partial charge in [0.05, 0.1) is 12.7 Å². The van der Waals surface area contributed by atoms with Crippen molar-refractivity contribution >= 4 is 0 Å². The zero-order chi connectivity index (χ0) is 12.3. The van der Waals surface area contributed by atoms with Crippen LogP contribution in [0.3, 0.4) is 0 Å². The Labute approximate surface area is 104 Å². The summed E-state index contributed by atoms with van der Waals surface area (Å²) >= 11 is 0. The third kappa shape index (κ3) is 6.80. The number of hydrogen-bond acceptors (Lipinski definition) is 2. The van der Waals surface area contributed by atoms with Crippen molar-refractivity contribution in [3.05, 3.63) is 42.5 Å². The van der Waals surface area contributed by atoms with Crippen LogP contribution in [-0.4, -0.2) is 17.8 Å². The summed E-state index contributed by atoms with van der Waals surface area (Å²) in [4.78, 5) is 0. The molecule has 0 aliphatic heterocycles. The van der Waals surface area contributed by atoms with E-state index in [2.05, 4.69) is 0 Å². The third-order valence-electron chi connectivity index (χ3n) is 2.57. The molecule has 1 N–H and O–H groups in total. The van der Waals surface area contributed by atoms with Gasteiger partial charge in [0.1, 0.15) is 5.75 Å². The zero-order valence-electron chi connectivity index (χ0n) is 10.5. The van der Waals surface area contributed by atoms with Gasteiger partial charge in [0.15, 0.2) is 0 Å². The normalized spacial score (nSPS) is 12.8. The third-order valence-corrected chi connectivity index (χ3v) is 2.57. The second-order valence-corrected chi connectivity index (χ2v) is 4.10. The fourth-order valence-electron chi connectivity index (χ4n) is 1.66. The Kier molecular flexibility index (Phi) is 7.15. The van der Waals surface area contributed by atoms with Gasteiger partial charge in [-0.2, -0.15) is 0 Å².